The van der Waals surface area contributed by atoms with Crippen molar-refractivity contribution in [3.05, 3.63) is 0 Å². The molecular weight excluding hydrogens is 224 g/mol. The second kappa shape index (κ2) is 5.08. The molecule has 0 radical (unpaired) electrons. The standard InChI is InChI=1S/C11H20N2O2S/c1-5-11(3)10(15)13(6-8(2)16-4)7-9(14)12-11/h8H,5-7H2,1-4H3,(H,12,14). The zero-order valence-electron chi connectivity index (χ0n) is 10.4. The van der Waals surface area contributed by atoms with Crippen molar-refractivity contribution in [1.29, 1.82) is 0 Å². The Bertz CT molecular complexity index is 296. The van der Waals surface area contributed by atoms with Gasteiger partial charge in [-0.05, 0) is 19.6 Å². The highest BCUT2D eigenvalue weighted by Gasteiger charge is 2.41. The zero-order valence-corrected chi connectivity index (χ0v) is 11.2. The number of piperazine rings is 1. The first-order chi connectivity index (χ1) is 7.42. The quantitative estimate of drug-likeness (QED) is 0.798. The molecular formula is C11H20N2O2S. The van der Waals surface area contributed by atoms with Gasteiger partial charge in [0.2, 0.25) is 11.8 Å². The molecule has 0 bridgehead atoms. The first kappa shape index (κ1) is 13.4. The first-order valence-corrected chi connectivity index (χ1v) is 6.85. The van der Waals surface area contributed by atoms with Crippen LogP contribution in [0.5, 0.6) is 0 Å². The fourth-order valence-electron chi connectivity index (χ4n) is 1.77. The van der Waals surface area contributed by atoms with Crippen LogP contribution in [0, 0.1) is 0 Å². The number of nitrogens with one attached hydrogen (secondary N) is 1. The van der Waals surface area contributed by atoms with E-state index in [-0.39, 0.29) is 18.4 Å². The van der Waals surface area contributed by atoms with Crippen molar-refractivity contribution >= 4 is 23.6 Å². The van der Waals surface area contributed by atoms with E-state index in [1.165, 1.54) is 0 Å². The summed E-state index contributed by atoms with van der Waals surface area (Å²) in [6.45, 7) is 6.61. The molecule has 1 aliphatic heterocycles. The molecule has 0 spiro atoms. The van der Waals surface area contributed by atoms with E-state index < -0.39 is 5.54 Å². The fourth-order valence-corrected chi connectivity index (χ4v) is 2.10. The molecule has 0 saturated carbocycles. The third-order valence-corrected chi connectivity index (χ3v) is 4.05. The number of thioether (sulfide) groups is 1. The minimum atomic E-state index is -0.715. The van der Waals surface area contributed by atoms with Crippen molar-refractivity contribution < 1.29 is 9.59 Å². The minimum Gasteiger partial charge on any atom is -0.340 e. The smallest absolute Gasteiger partial charge is 0.248 e. The number of carbonyl (C=O) groups excluding carboxylic acids is 2. The molecule has 1 N–H and O–H groups in total. The van der Waals surface area contributed by atoms with Crippen LogP contribution >= 0.6 is 11.8 Å². The third kappa shape index (κ3) is 2.70. The summed E-state index contributed by atoms with van der Waals surface area (Å²) in [5.74, 6) is -0.0206. The van der Waals surface area contributed by atoms with Crippen molar-refractivity contribution in [2.24, 2.45) is 0 Å². The molecule has 2 unspecified atom stereocenters. The average Bonchev–Trinajstić information content (AvgIpc) is 2.25. The lowest BCUT2D eigenvalue weighted by atomic mass is 9.94. The topological polar surface area (TPSA) is 49.4 Å². The normalized spacial score (nSPS) is 27.9. The molecule has 16 heavy (non-hydrogen) atoms. The average molecular weight is 244 g/mol. The van der Waals surface area contributed by atoms with Crippen LogP contribution in [0.2, 0.25) is 0 Å². The van der Waals surface area contributed by atoms with Crippen LogP contribution < -0.4 is 5.32 Å². The van der Waals surface area contributed by atoms with Gasteiger partial charge in [0.15, 0.2) is 0 Å². The summed E-state index contributed by atoms with van der Waals surface area (Å²) in [7, 11) is 0. The second-order valence-electron chi connectivity index (χ2n) is 4.47. The van der Waals surface area contributed by atoms with E-state index >= 15 is 0 Å². The summed E-state index contributed by atoms with van der Waals surface area (Å²) in [4.78, 5) is 25.4. The van der Waals surface area contributed by atoms with Crippen LogP contribution in [-0.4, -0.2) is 46.8 Å². The number of amides is 2. The highest BCUT2D eigenvalue weighted by Crippen LogP contribution is 2.19. The van der Waals surface area contributed by atoms with Gasteiger partial charge in [-0.3, -0.25) is 9.59 Å². The Morgan fingerprint density at radius 2 is 2.19 bits per heavy atom. The molecule has 1 rings (SSSR count). The van der Waals surface area contributed by atoms with Gasteiger partial charge in [0.1, 0.15) is 5.54 Å². The van der Waals surface area contributed by atoms with Crippen LogP contribution in [-0.2, 0) is 9.59 Å². The van der Waals surface area contributed by atoms with E-state index in [1.54, 1.807) is 23.6 Å². The molecule has 1 saturated heterocycles. The Kier molecular flexibility index (Phi) is 4.24. The summed E-state index contributed by atoms with van der Waals surface area (Å²) in [6.07, 6.45) is 2.64. The van der Waals surface area contributed by atoms with E-state index in [2.05, 4.69) is 12.2 Å². The Balaban J connectivity index is 2.77. The SMILES string of the molecule is CCC1(C)NC(=O)CN(CC(C)SC)C1=O. The number of carbonyl (C=O) groups is 2. The third-order valence-electron chi connectivity index (χ3n) is 3.10. The van der Waals surface area contributed by atoms with Crippen LogP contribution in [0.15, 0.2) is 0 Å². The van der Waals surface area contributed by atoms with E-state index in [4.69, 9.17) is 0 Å². The maximum absolute atomic E-state index is 12.2. The predicted octanol–water partition coefficient (Wildman–Crippen LogP) is 0.865. The monoisotopic (exact) mass is 244 g/mol. The van der Waals surface area contributed by atoms with Gasteiger partial charge in [0, 0.05) is 11.8 Å². The van der Waals surface area contributed by atoms with Crippen LogP contribution in [0.25, 0.3) is 0 Å². The maximum atomic E-state index is 12.2. The molecule has 0 aromatic heterocycles. The van der Waals surface area contributed by atoms with Crippen LogP contribution in [0.4, 0.5) is 0 Å². The van der Waals surface area contributed by atoms with Gasteiger partial charge in [-0.2, -0.15) is 11.8 Å². The molecule has 5 heteroatoms. The van der Waals surface area contributed by atoms with Crippen LogP contribution in [0.3, 0.4) is 0 Å². The summed E-state index contributed by atoms with van der Waals surface area (Å²) in [5.41, 5.74) is -0.715. The van der Waals surface area contributed by atoms with Gasteiger partial charge >= 0.3 is 0 Å². The van der Waals surface area contributed by atoms with Gasteiger partial charge in [-0.1, -0.05) is 13.8 Å². The lowest BCUT2D eigenvalue weighted by Gasteiger charge is -2.40. The maximum Gasteiger partial charge on any atom is 0.248 e. The Labute approximate surface area is 101 Å². The van der Waals surface area contributed by atoms with E-state index in [9.17, 15) is 9.59 Å². The second-order valence-corrected chi connectivity index (χ2v) is 5.74. The van der Waals surface area contributed by atoms with Crippen LogP contribution in [0.1, 0.15) is 27.2 Å². The van der Waals surface area contributed by atoms with Crippen molar-refractivity contribution in [2.75, 3.05) is 19.3 Å². The number of rotatable bonds is 4. The summed E-state index contributed by atoms with van der Waals surface area (Å²) in [5, 5.41) is 3.13. The van der Waals surface area contributed by atoms with Crippen molar-refractivity contribution in [3.63, 3.8) is 0 Å². The molecule has 2 amide bonds. The van der Waals surface area contributed by atoms with Gasteiger partial charge in [-0.15, -0.1) is 0 Å². The zero-order chi connectivity index (χ0) is 12.3. The van der Waals surface area contributed by atoms with Gasteiger partial charge in [0.25, 0.3) is 0 Å². The molecule has 4 nitrogen and oxygen atoms in total. The fraction of sp³-hybridized carbons (Fsp3) is 0.818. The number of hydrogen-bond acceptors (Lipinski definition) is 3. The van der Waals surface area contributed by atoms with E-state index in [0.717, 1.165) is 0 Å². The minimum absolute atomic E-state index is 0.0375. The lowest BCUT2D eigenvalue weighted by Crippen LogP contribution is -2.65. The molecule has 2 atom stereocenters. The molecule has 1 aliphatic rings. The van der Waals surface area contributed by atoms with Gasteiger partial charge in [-0.25, -0.2) is 0 Å². The highest BCUT2D eigenvalue weighted by atomic mass is 32.2. The Morgan fingerprint density at radius 1 is 1.56 bits per heavy atom. The molecule has 0 aliphatic carbocycles. The predicted molar refractivity (Wildman–Crippen MR) is 66.4 cm³/mol. The highest BCUT2D eigenvalue weighted by molar-refractivity contribution is 7.99. The molecule has 92 valence electrons. The van der Waals surface area contributed by atoms with Crippen molar-refractivity contribution in [2.45, 2.75) is 38.0 Å². The van der Waals surface area contributed by atoms with Crippen molar-refractivity contribution in [3.8, 4) is 0 Å². The Hall–Kier alpha value is -0.710. The number of nitrogens with zero attached hydrogens (tertiary/aromatic N) is 1. The molecule has 1 fully saturated rings. The summed E-state index contributed by atoms with van der Waals surface area (Å²) >= 11 is 1.70. The Morgan fingerprint density at radius 3 is 2.69 bits per heavy atom. The van der Waals surface area contributed by atoms with E-state index in [0.29, 0.717) is 18.2 Å². The van der Waals surface area contributed by atoms with E-state index in [1.807, 2.05) is 13.2 Å². The summed E-state index contributed by atoms with van der Waals surface area (Å²) in [6, 6.07) is 0. The lowest BCUT2D eigenvalue weighted by molar-refractivity contribution is -0.149. The summed E-state index contributed by atoms with van der Waals surface area (Å²) < 4.78 is 0. The first-order valence-electron chi connectivity index (χ1n) is 5.56. The molecule has 0 aromatic carbocycles. The van der Waals surface area contributed by atoms with Gasteiger partial charge < -0.3 is 10.2 Å². The van der Waals surface area contributed by atoms with Crippen molar-refractivity contribution in [1.82, 2.24) is 10.2 Å². The molecule has 0 aromatic rings. The largest absolute Gasteiger partial charge is 0.340 e. The number of hydrogen-bond donors (Lipinski definition) is 1. The molecule has 1 heterocycles. The van der Waals surface area contributed by atoms with Gasteiger partial charge in [0.05, 0.1) is 6.54 Å².